The van der Waals surface area contributed by atoms with Gasteiger partial charge in [0.05, 0.1) is 24.2 Å². The smallest absolute Gasteiger partial charge is 0.495 e. The maximum Gasteiger partial charge on any atom is 0.573 e. The number of benzene rings is 2. The molecule has 3 N–H and O–H groups in total. The van der Waals surface area contributed by atoms with Gasteiger partial charge in [-0.15, -0.1) is 13.2 Å². The Morgan fingerprint density at radius 1 is 0.978 bits per heavy atom. The molecule has 4 aromatic rings. The lowest BCUT2D eigenvalue weighted by Crippen LogP contribution is -2.49. The molecule has 1 aliphatic carbocycles. The Morgan fingerprint density at radius 3 is 2.33 bits per heavy atom. The van der Waals surface area contributed by atoms with Crippen molar-refractivity contribution in [3.8, 4) is 22.8 Å². The lowest BCUT2D eigenvalue weighted by Gasteiger charge is -2.41. The Bertz CT molecular complexity index is 1660. The quantitative estimate of drug-likeness (QED) is 0.294. The third kappa shape index (κ3) is 6.66. The number of carbonyl (C=O) groups excluding carboxylic acids is 1. The molecule has 6 rings (SSSR count). The van der Waals surface area contributed by atoms with Gasteiger partial charge in [0.15, 0.2) is 5.65 Å². The molecule has 2 aromatic heterocycles. The van der Waals surface area contributed by atoms with Crippen LogP contribution in [0.15, 0.2) is 48.8 Å². The molecule has 0 spiro atoms. The standard InChI is InChI=1S/C31H35F3N8O3/c1-40-13-15-41(16-14-40)21-6-8-22(9-7-21)42-29-26(28(35)36-18-37-29)27(39-42)20-5-12-24(25(17-20)44-2)38-30(43)19-3-10-23(11-4-19)45-31(32,33)34/h3-5,10-12,17-18,21-22H,6-9,13-16H2,1-2H3,(H,38,43)(H2,35,36,37). The highest BCUT2D eigenvalue weighted by Gasteiger charge is 2.32. The number of likely N-dealkylation sites (N-methyl/N-ethyl adjacent to an activating group) is 1. The van der Waals surface area contributed by atoms with Crippen molar-refractivity contribution in [2.75, 3.05) is 51.4 Å². The Labute approximate surface area is 258 Å². The molecule has 238 valence electrons. The fourth-order valence-electron chi connectivity index (χ4n) is 6.25. The van der Waals surface area contributed by atoms with E-state index in [0.29, 0.717) is 45.6 Å². The molecule has 1 amide bonds. The van der Waals surface area contributed by atoms with Crippen LogP contribution < -0.4 is 20.5 Å². The van der Waals surface area contributed by atoms with Crippen LogP contribution in [0.2, 0.25) is 0 Å². The highest BCUT2D eigenvalue weighted by atomic mass is 19.4. The van der Waals surface area contributed by atoms with E-state index in [9.17, 15) is 18.0 Å². The first-order valence-corrected chi connectivity index (χ1v) is 14.9. The van der Waals surface area contributed by atoms with E-state index in [1.54, 1.807) is 18.2 Å². The molecule has 1 saturated heterocycles. The third-order valence-corrected chi connectivity index (χ3v) is 8.66. The number of hydrogen-bond donors (Lipinski definition) is 2. The molecule has 0 unspecified atom stereocenters. The minimum Gasteiger partial charge on any atom is -0.495 e. The summed E-state index contributed by atoms with van der Waals surface area (Å²) in [5.74, 6) is -0.261. The topological polar surface area (TPSA) is 124 Å². The number of amides is 1. The molecule has 11 nitrogen and oxygen atoms in total. The minimum atomic E-state index is -4.82. The van der Waals surface area contributed by atoms with E-state index in [1.807, 2.05) is 4.68 Å². The summed E-state index contributed by atoms with van der Waals surface area (Å²) in [5.41, 5.74) is 8.88. The maximum atomic E-state index is 12.9. The molecule has 0 atom stereocenters. The third-order valence-electron chi connectivity index (χ3n) is 8.66. The van der Waals surface area contributed by atoms with Gasteiger partial charge in [-0.3, -0.25) is 9.69 Å². The van der Waals surface area contributed by atoms with Crippen LogP contribution in [-0.4, -0.2) is 88.2 Å². The largest absolute Gasteiger partial charge is 0.573 e. The van der Waals surface area contributed by atoms with E-state index in [4.69, 9.17) is 15.6 Å². The summed E-state index contributed by atoms with van der Waals surface area (Å²) < 4.78 is 48.9. The average molecular weight is 625 g/mol. The molecular formula is C31H35F3N8O3. The summed E-state index contributed by atoms with van der Waals surface area (Å²) in [5, 5.41) is 8.42. The number of nitrogens with zero attached hydrogens (tertiary/aromatic N) is 6. The van der Waals surface area contributed by atoms with Crippen LogP contribution in [0.4, 0.5) is 24.7 Å². The lowest BCUT2D eigenvalue weighted by atomic mass is 9.90. The summed E-state index contributed by atoms with van der Waals surface area (Å²) in [7, 11) is 3.65. The number of nitrogen functional groups attached to an aromatic ring is 1. The van der Waals surface area contributed by atoms with Crippen LogP contribution in [-0.2, 0) is 0 Å². The van der Waals surface area contributed by atoms with Crippen molar-refractivity contribution in [2.45, 2.75) is 44.1 Å². The van der Waals surface area contributed by atoms with Crippen LogP contribution in [0.25, 0.3) is 22.3 Å². The van der Waals surface area contributed by atoms with Gasteiger partial charge in [-0.1, -0.05) is 6.07 Å². The number of aromatic nitrogens is 4. The van der Waals surface area contributed by atoms with Crippen LogP contribution in [0.1, 0.15) is 42.1 Å². The number of fused-ring (bicyclic) bond motifs is 1. The Morgan fingerprint density at radius 2 is 1.67 bits per heavy atom. The van der Waals surface area contributed by atoms with Crippen molar-refractivity contribution in [3.05, 3.63) is 54.4 Å². The number of hydrogen-bond acceptors (Lipinski definition) is 9. The zero-order valence-electron chi connectivity index (χ0n) is 25.0. The molecule has 0 radical (unpaired) electrons. The Balaban J connectivity index is 1.22. The maximum absolute atomic E-state index is 12.9. The van der Waals surface area contributed by atoms with Gasteiger partial charge < -0.3 is 25.4 Å². The molecule has 2 aliphatic rings. The van der Waals surface area contributed by atoms with E-state index in [-0.39, 0.29) is 11.6 Å². The van der Waals surface area contributed by atoms with Crippen LogP contribution in [0.3, 0.4) is 0 Å². The molecule has 45 heavy (non-hydrogen) atoms. The van der Waals surface area contributed by atoms with Crippen LogP contribution >= 0.6 is 0 Å². The number of nitrogens with one attached hydrogen (secondary N) is 1. The van der Waals surface area contributed by atoms with Gasteiger partial charge >= 0.3 is 6.36 Å². The first-order valence-electron chi connectivity index (χ1n) is 14.9. The number of halogens is 3. The number of anilines is 2. The highest BCUT2D eigenvalue weighted by Crippen LogP contribution is 2.39. The molecule has 2 fully saturated rings. The molecule has 3 heterocycles. The van der Waals surface area contributed by atoms with E-state index in [0.717, 1.165) is 64.0 Å². The van der Waals surface area contributed by atoms with Gasteiger partial charge in [-0.25, -0.2) is 14.6 Å². The number of ether oxygens (including phenoxy) is 2. The predicted octanol–water partition coefficient (Wildman–Crippen LogP) is 4.97. The van der Waals surface area contributed by atoms with Crippen molar-refractivity contribution in [1.82, 2.24) is 29.5 Å². The van der Waals surface area contributed by atoms with Crippen molar-refractivity contribution < 1.29 is 27.4 Å². The number of rotatable bonds is 7. The van der Waals surface area contributed by atoms with Gasteiger partial charge in [0.1, 0.15) is 29.3 Å². The number of carbonyl (C=O) groups is 1. The lowest BCUT2D eigenvalue weighted by molar-refractivity contribution is -0.274. The summed E-state index contributed by atoms with van der Waals surface area (Å²) >= 11 is 0. The molecular weight excluding hydrogens is 589 g/mol. The predicted molar refractivity (Wildman–Crippen MR) is 163 cm³/mol. The van der Waals surface area contributed by atoms with Crippen LogP contribution in [0, 0.1) is 0 Å². The molecule has 1 aliphatic heterocycles. The van der Waals surface area contributed by atoms with Gasteiger partial charge in [-0.05, 0) is 69.1 Å². The highest BCUT2D eigenvalue weighted by molar-refractivity contribution is 6.05. The first kappa shape index (κ1) is 30.6. The minimum absolute atomic E-state index is 0.146. The van der Waals surface area contributed by atoms with E-state index < -0.39 is 18.0 Å². The number of piperazine rings is 1. The van der Waals surface area contributed by atoms with Crippen molar-refractivity contribution in [2.24, 2.45) is 0 Å². The molecule has 0 bridgehead atoms. The van der Waals surface area contributed by atoms with Gasteiger partial charge in [0.2, 0.25) is 0 Å². The molecule has 1 saturated carbocycles. The summed E-state index contributed by atoms with van der Waals surface area (Å²) in [6.07, 6.45) is 0.776. The Hall–Kier alpha value is -4.43. The van der Waals surface area contributed by atoms with Crippen molar-refractivity contribution in [1.29, 1.82) is 0 Å². The summed E-state index contributed by atoms with van der Waals surface area (Å²) in [6, 6.07) is 10.6. The number of nitrogens with two attached hydrogens (primary N) is 1. The van der Waals surface area contributed by atoms with Gasteiger partial charge in [-0.2, -0.15) is 5.10 Å². The second kappa shape index (κ2) is 12.5. The van der Waals surface area contributed by atoms with Crippen molar-refractivity contribution in [3.63, 3.8) is 0 Å². The van der Waals surface area contributed by atoms with Gasteiger partial charge in [0.25, 0.3) is 5.91 Å². The van der Waals surface area contributed by atoms with E-state index in [1.165, 1.54) is 25.6 Å². The summed E-state index contributed by atoms with van der Waals surface area (Å²) in [6.45, 7) is 4.41. The monoisotopic (exact) mass is 624 g/mol. The zero-order chi connectivity index (χ0) is 31.7. The molecule has 2 aromatic carbocycles. The fraction of sp³-hybridized carbons (Fsp3) is 0.419. The van der Waals surface area contributed by atoms with Crippen molar-refractivity contribution >= 4 is 28.4 Å². The van der Waals surface area contributed by atoms with Gasteiger partial charge in [0, 0.05) is 43.3 Å². The molecule has 14 heteroatoms. The summed E-state index contributed by atoms with van der Waals surface area (Å²) in [4.78, 5) is 26.7. The first-order chi connectivity index (χ1) is 21.6. The second-order valence-electron chi connectivity index (χ2n) is 11.5. The average Bonchev–Trinajstić information content (AvgIpc) is 3.42. The SMILES string of the molecule is COc1cc(-c2nn(C3CCC(N4CCN(C)CC4)CC3)c3ncnc(N)c23)ccc1NC(=O)c1ccc(OC(F)(F)F)cc1. The number of methoxy groups -OCH3 is 1. The van der Waals surface area contributed by atoms with Crippen LogP contribution in [0.5, 0.6) is 11.5 Å². The van der Waals surface area contributed by atoms with E-state index in [2.05, 4.69) is 36.9 Å². The zero-order valence-corrected chi connectivity index (χ0v) is 25.0. The second-order valence-corrected chi connectivity index (χ2v) is 11.5. The normalized spacial score (nSPS) is 19.8. The Kier molecular flexibility index (Phi) is 8.51. The fourth-order valence-corrected chi connectivity index (χ4v) is 6.25. The van der Waals surface area contributed by atoms with E-state index >= 15 is 0 Å². The number of alkyl halides is 3.